The lowest BCUT2D eigenvalue weighted by Gasteiger charge is -2.19. The molecule has 9 heteroatoms. The molecule has 23 heavy (non-hydrogen) atoms. The van der Waals surface area contributed by atoms with Crippen molar-refractivity contribution < 1.29 is 22.7 Å². The van der Waals surface area contributed by atoms with Gasteiger partial charge in [-0.3, -0.25) is 0 Å². The lowest BCUT2D eigenvalue weighted by atomic mass is 10.2. The van der Waals surface area contributed by atoms with E-state index in [2.05, 4.69) is 20.9 Å². The van der Waals surface area contributed by atoms with E-state index in [4.69, 9.17) is 4.74 Å². The van der Waals surface area contributed by atoms with Crippen LogP contribution in [0.25, 0.3) is 0 Å². The number of hydrogen-bond donors (Lipinski definition) is 0. The Balaban J connectivity index is 2.33. The van der Waals surface area contributed by atoms with E-state index >= 15 is 0 Å². The highest BCUT2D eigenvalue weighted by atomic mass is 79.9. The number of ether oxygens (including phenoxy) is 1. The number of carbonyl (C=O) groups is 1. The maximum absolute atomic E-state index is 12.9. The number of halogens is 4. The molecule has 1 heterocycles. The van der Waals surface area contributed by atoms with Crippen LogP contribution in [0, 0.1) is 0 Å². The Bertz CT molecular complexity index is 610. The van der Waals surface area contributed by atoms with E-state index in [1.165, 1.54) is 17.8 Å². The topological polar surface area (TPSA) is 41.9 Å². The van der Waals surface area contributed by atoms with Crippen molar-refractivity contribution >= 4 is 44.6 Å². The minimum absolute atomic E-state index is 0.0812. The molecule has 0 aromatic heterocycles. The third-order valence-electron chi connectivity index (χ3n) is 3.00. The molecule has 1 aromatic carbocycles. The van der Waals surface area contributed by atoms with Crippen LogP contribution in [-0.2, 0) is 10.9 Å². The number of hydrogen-bond acceptors (Lipinski definition) is 3. The fourth-order valence-corrected chi connectivity index (χ4v) is 3.62. The monoisotopic (exact) mass is 410 g/mol. The zero-order valence-electron chi connectivity index (χ0n) is 12.1. The smallest absolute Gasteiger partial charge is 0.436 e. The molecule has 0 spiro atoms. The molecule has 1 unspecified atom stereocenters. The van der Waals surface area contributed by atoms with Gasteiger partial charge in [0.1, 0.15) is 0 Å². The molecule has 0 saturated carbocycles. The summed E-state index contributed by atoms with van der Waals surface area (Å²) in [6.45, 7) is 2.30. The van der Waals surface area contributed by atoms with Crippen molar-refractivity contribution in [2.45, 2.75) is 18.3 Å². The van der Waals surface area contributed by atoms with Crippen LogP contribution in [0.5, 0.6) is 0 Å². The summed E-state index contributed by atoms with van der Waals surface area (Å²) in [5, 5.41) is 1.06. The van der Waals surface area contributed by atoms with E-state index in [-0.39, 0.29) is 11.9 Å². The molecule has 1 atom stereocenters. The summed E-state index contributed by atoms with van der Waals surface area (Å²) in [7, 11) is 0. The average molecular weight is 411 g/mol. The predicted molar refractivity (Wildman–Crippen MR) is 88.4 cm³/mol. The Morgan fingerprint density at radius 1 is 1.52 bits per heavy atom. The van der Waals surface area contributed by atoms with Crippen LogP contribution in [0.1, 0.15) is 12.5 Å². The number of amides is 1. The Labute approximate surface area is 144 Å². The quantitative estimate of drug-likeness (QED) is 0.686. The van der Waals surface area contributed by atoms with Crippen LogP contribution in [0.4, 0.5) is 23.7 Å². The van der Waals surface area contributed by atoms with Gasteiger partial charge in [-0.25, -0.2) is 4.79 Å². The van der Waals surface area contributed by atoms with E-state index in [0.29, 0.717) is 22.7 Å². The van der Waals surface area contributed by atoms with Crippen LogP contribution in [-0.4, -0.2) is 35.0 Å². The first-order chi connectivity index (χ1) is 10.8. The van der Waals surface area contributed by atoms with Gasteiger partial charge >= 0.3 is 12.3 Å². The lowest BCUT2D eigenvalue weighted by molar-refractivity contribution is -0.137. The van der Waals surface area contributed by atoms with E-state index in [0.717, 1.165) is 12.1 Å². The average Bonchev–Trinajstić information content (AvgIpc) is 2.89. The molecule has 4 nitrogen and oxygen atoms in total. The summed E-state index contributed by atoms with van der Waals surface area (Å²) < 4.78 is 43.4. The highest BCUT2D eigenvalue weighted by Crippen LogP contribution is 2.35. The second-order valence-electron chi connectivity index (χ2n) is 4.65. The van der Waals surface area contributed by atoms with Gasteiger partial charge in [-0.1, -0.05) is 33.8 Å². The Kier molecular flexibility index (Phi) is 5.96. The summed E-state index contributed by atoms with van der Waals surface area (Å²) >= 11 is 4.68. The minimum atomic E-state index is -4.42. The number of aliphatic imine (C=N–C) groups is 1. The molecule has 0 bridgehead atoms. The van der Waals surface area contributed by atoms with Gasteiger partial charge in [0.25, 0.3) is 0 Å². The van der Waals surface area contributed by atoms with E-state index in [1.807, 2.05) is 0 Å². The summed E-state index contributed by atoms with van der Waals surface area (Å²) in [5.41, 5.74) is -0.392. The number of nitrogens with zero attached hydrogens (tertiary/aromatic N) is 2. The van der Waals surface area contributed by atoms with E-state index in [1.54, 1.807) is 17.9 Å². The molecule has 1 aromatic rings. The fourth-order valence-electron chi connectivity index (χ4n) is 2.00. The Morgan fingerprint density at radius 3 is 2.87 bits per heavy atom. The van der Waals surface area contributed by atoms with Crippen molar-refractivity contribution in [1.82, 2.24) is 0 Å². The SMILES string of the molecule is CCOC(=O)N=C1SC(CBr)CN1c1cccc(C(F)(F)F)c1. The second-order valence-corrected chi connectivity index (χ2v) is 6.56. The number of benzene rings is 1. The van der Waals surface area contributed by atoms with Crippen molar-refractivity contribution in [2.75, 3.05) is 23.4 Å². The van der Waals surface area contributed by atoms with Crippen LogP contribution in [0.3, 0.4) is 0 Å². The predicted octanol–water partition coefficient (Wildman–Crippen LogP) is 4.53. The highest BCUT2D eigenvalue weighted by molar-refractivity contribution is 9.09. The van der Waals surface area contributed by atoms with Gasteiger partial charge in [0.15, 0.2) is 5.17 Å². The third-order valence-corrected chi connectivity index (χ3v) is 5.38. The van der Waals surface area contributed by atoms with Gasteiger partial charge in [0.05, 0.1) is 12.2 Å². The number of anilines is 1. The second kappa shape index (κ2) is 7.57. The molecule has 1 saturated heterocycles. The van der Waals surface area contributed by atoms with Crippen LogP contribution < -0.4 is 4.90 Å². The van der Waals surface area contributed by atoms with Gasteiger partial charge in [0.2, 0.25) is 0 Å². The molecular weight excluding hydrogens is 397 g/mol. The molecule has 126 valence electrons. The number of amidine groups is 1. The summed E-state index contributed by atoms with van der Waals surface area (Å²) in [5.74, 6) is 0. The molecule has 0 N–H and O–H groups in total. The standard InChI is InChI=1S/C14H14BrF3N2O2S/c1-2-22-13(21)19-12-20(8-11(7-15)23-12)10-5-3-4-9(6-10)14(16,17)18/h3-6,11H,2,7-8H2,1H3. The molecule has 0 aliphatic carbocycles. The normalized spacial score (nSPS) is 20.1. The summed E-state index contributed by atoms with van der Waals surface area (Å²) in [6, 6.07) is 4.97. The van der Waals surface area contributed by atoms with Crippen molar-refractivity contribution in [3.8, 4) is 0 Å². The molecule has 1 aliphatic heterocycles. The zero-order valence-corrected chi connectivity index (χ0v) is 14.5. The Hall–Kier alpha value is -1.22. The molecular formula is C14H14BrF3N2O2S. The molecule has 1 amide bonds. The first kappa shape index (κ1) is 18.1. The van der Waals surface area contributed by atoms with Gasteiger partial charge in [-0.05, 0) is 25.1 Å². The number of rotatable bonds is 3. The van der Waals surface area contributed by atoms with Crippen molar-refractivity contribution in [1.29, 1.82) is 0 Å². The van der Waals surface area contributed by atoms with E-state index < -0.39 is 17.8 Å². The van der Waals surface area contributed by atoms with Gasteiger partial charge in [0, 0.05) is 22.8 Å². The molecule has 1 fully saturated rings. The van der Waals surface area contributed by atoms with Crippen molar-refractivity contribution in [2.24, 2.45) is 4.99 Å². The Morgan fingerprint density at radius 2 is 2.26 bits per heavy atom. The minimum Gasteiger partial charge on any atom is -0.448 e. The molecule has 2 rings (SSSR count). The van der Waals surface area contributed by atoms with E-state index in [9.17, 15) is 18.0 Å². The summed E-state index contributed by atoms with van der Waals surface area (Å²) in [4.78, 5) is 17.0. The molecule has 0 radical (unpaired) electrons. The number of alkyl halides is 4. The first-order valence-corrected chi connectivity index (χ1v) is 8.78. The highest BCUT2D eigenvalue weighted by Gasteiger charge is 2.34. The van der Waals surface area contributed by atoms with Gasteiger partial charge < -0.3 is 9.64 Å². The van der Waals surface area contributed by atoms with Crippen LogP contribution in [0.15, 0.2) is 29.3 Å². The largest absolute Gasteiger partial charge is 0.448 e. The fraction of sp³-hybridized carbons (Fsp3) is 0.429. The van der Waals surface area contributed by atoms with Gasteiger partial charge in [-0.2, -0.15) is 18.2 Å². The van der Waals surface area contributed by atoms with Gasteiger partial charge in [-0.15, -0.1) is 0 Å². The summed E-state index contributed by atoms with van der Waals surface area (Å²) in [6.07, 6.45) is -5.17. The van der Waals surface area contributed by atoms with Crippen LogP contribution in [0.2, 0.25) is 0 Å². The van der Waals surface area contributed by atoms with Crippen LogP contribution >= 0.6 is 27.7 Å². The number of thioether (sulfide) groups is 1. The maximum atomic E-state index is 12.9. The maximum Gasteiger partial charge on any atom is 0.436 e. The zero-order chi connectivity index (χ0) is 17.0. The third kappa shape index (κ3) is 4.63. The van der Waals surface area contributed by atoms with Crippen molar-refractivity contribution in [3.63, 3.8) is 0 Å². The van der Waals surface area contributed by atoms with Crippen molar-refractivity contribution in [3.05, 3.63) is 29.8 Å². The first-order valence-electron chi connectivity index (χ1n) is 6.78. The lowest BCUT2D eigenvalue weighted by Crippen LogP contribution is -2.27. The number of carbonyl (C=O) groups excluding carboxylic acids is 1. The molecule has 1 aliphatic rings.